The number of hydrogen-bond donors (Lipinski definition) is 1. The molecule has 0 saturated carbocycles. The van der Waals surface area contributed by atoms with Gasteiger partial charge in [-0.25, -0.2) is 4.98 Å². The minimum absolute atomic E-state index is 0. The van der Waals surface area contributed by atoms with Crippen molar-refractivity contribution in [3.63, 3.8) is 0 Å². The summed E-state index contributed by atoms with van der Waals surface area (Å²) in [6.07, 6.45) is 3.74. The molecule has 0 aliphatic carbocycles. The highest BCUT2D eigenvalue weighted by atomic mass is 35.5. The van der Waals surface area contributed by atoms with E-state index in [1.807, 2.05) is 60.8 Å². The average Bonchev–Trinajstić information content (AvgIpc) is 3.14. The van der Waals surface area contributed by atoms with Crippen LogP contribution in [0.4, 0.5) is 0 Å². The van der Waals surface area contributed by atoms with Crippen LogP contribution in [0.15, 0.2) is 78.1 Å². The number of benzene rings is 2. The summed E-state index contributed by atoms with van der Waals surface area (Å²) < 4.78 is 2.05. The van der Waals surface area contributed by atoms with E-state index >= 15 is 0 Å². The van der Waals surface area contributed by atoms with Gasteiger partial charge in [0.1, 0.15) is 5.65 Å². The molecule has 0 aliphatic heterocycles. The zero-order valence-electron chi connectivity index (χ0n) is 14.0. The third-order valence-electron chi connectivity index (χ3n) is 4.06. The van der Waals surface area contributed by atoms with E-state index < -0.39 is 0 Å². The Hall–Kier alpha value is -2.50. The van der Waals surface area contributed by atoms with Gasteiger partial charge in [-0.05, 0) is 29.0 Å². The second-order valence-corrected chi connectivity index (χ2v) is 6.77. The summed E-state index contributed by atoms with van der Waals surface area (Å²) in [5, 5.41) is 6.20. The molecule has 4 aromatic rings. The molecular weight excluding hydrogens is 366 g/mol. The third-order valence-corrected chi connectivity index (χ3v) is 5.10. The van der Waals surface area contributed by atoms with Crippen LogP contribution in [-0.4, -0.2) is 27.6 Å². The number of thioether (sulfide) groups is 1. The quantitative estimate of drug-likeness (QED) is 0.409. The molecule has 6 heteroatoms. The van der Waals surface area contributed by atoms with E-state index in [9.17, 15) is 4.79 Å². The number of carbonyl (C=O) groups is 1. The van der Waals surface area contributed by atoms with Crippen molar-refractivity contribution in [1.82, 2.24) is 14.7 Å². The first-order valence-corrected chi connectivity index (χ1v) is 9.12. The fraction of sp³-hybridized carbons (Fsp3) is 0.100. The van der Waals surface area contributed by atoms with Gasteiger partial charge in [0.05, 0.1) is 5.03 Å². The number of amides is 1. The molecule has 2 aromatic carbocycles. The lowest BCUT2D eigenvalue weighted by molar-refractivity contribution is 0.0958. The predicted octanol–water partition coefficient (Wildman–Crippen LogP) is 4.43. The molecule has 2 heterocycles. The topological polar surface area (TPSA) is 46.4 Å². The zero-order chi connectivity index (χ0) is 17.1. The van der Waals surface area contributed by atoms with E-state index in [2.05, 4.69) is 20.8 Å². The van der Waals surface area contributed by atoms with Gasteiger partial charge >= 0.3 is 0 Å². The second kappa shape index (κ2) is 8.25. The van der Waals surface area contributed by atoms with Crippen LogP contribution in [0.5, 0.6) is 0 Å². The molecule has 0 atom stereocenters. The number of fused-ring (bicyclic) bond motifs is 2. The van der Waals surface area contributed by atoms with E-state index in [0.717, 1.165) is 32.8 Å². The molecule has 26 heavy (non-hydrogen) atoms. The summed E-state index contributed by atoms with van der Waals surface area (Å²) in [5.74, 6) is 0.770. The normalized spacial score (nSPS) is 10.6. The SMILES string of the molecule is Cl.O=C(NCCSc1cccc2nccn12)c1cccc2ccccc12. The smallest absolute Gasteiger partial charge is 0.251 e. The second-order valence-electron chi connectivity index (χ2n) is 5.65. The first-order chi connectivity index (χ1) is 12.3. The Balaban J connectivity index is 0.00000196. The van der Waals surface area contributed by atoms with E-state index in [1.54, 1.807) is 18.0 Å². The van der Waals surface area contributed by atoms with Crippen LogP contribution in [0, 0.1) is 0 Å². The van der Waals surface area contributed by atoms with Gasteiger partial charge in [-0.1, -0.05) is 42.5 Å². The van der Waals surface area contributed by atoms with Crippen LogP contribution in [0.2, 0.25) is 0 Å². The zero-order valence-corrected chi connectivity index (χ0v) is 15.6. The number of aromatic nitrogens is 2. The van der Waals surface area contributed by atoms with E-state index in [0.29, 0.717) is 6.54 Å². The number of halogens is 1. The van der Waals surface area contributed by atoms with Gasteiger partial charge in [-0.3, -0.25) is 9.20 Å². The maximum absolute atomic E-state index is 12.5. The Morgan fingerprint density at radius 2 is 1.85 bits per heavy atom. The summed E-state index contributed by atoms with van der Waals surface area (Å²) in [5.41, 5.74) is 1.66. The Kier molecular flexibility index (Phi) is 5.81. The summed E-state index contributed by atoms with van der Waals surface area (Å²) >= 11 is 1.70. The maximum atomic E-state index is 12.5. The van der Waals surface area contributed by atoms with Crippen LogP contribution < -0.4 is 5.32 Å². The van der Waals surface area contributed by atoms with Gasteiger partial charge < -0.3 is 5.32 Å². The number of imidazole rings is 1. The highest BCUT2D eigenvalue weighted by Gasteiger charge is 2.09. The van der Waals surface area contributed by atoms with Crippen molar-refractivity contribution in [2.45, 2.75) is 5.03 Å². The van der Waals surface area contributed by atoms with Gasteiger partial charge in [-0.15, -0.1) is 24.2 Å². The molecule has 1 N–H and O–H groups in total. The molecule has 132 valence electrons. The largest absolute Gasteiger partial charge is 0.351 e. The monoisotopic (exact) mass is 383 g/mol. The Morgan fingerprint density at radius 1 is 1.04 bits per heavy atom. The van der Waals surface area contributed by atoms with Crippen molar-refractivity contribution in [1.29, 1.82) is 0 Å². The van der Waals surface area contributed by atoms with Crippen molar-refractivity contribution in [3.05, 3.63) is 78.6 Å². The number of pyridine rings is 1. The summed E-state index contributed by atoms with van der Waals surface area (Å²) in [6.45, 7) is 0.609. The molecule has 0 fully saturated rings. The molecule has 4 rings (SSSR count). The van der Waals surface area contributed by atoms with Crippen LogP contribution >= 0.6 is 24.2 Å². The van der Waals surface area contributed by atoms with Crippen molar-refractivity contribution in [2.24, 2.45) is 0 Å². The first kappa shape index (κ1) is 18.3. The van der Waals surface area contributed by atoms with Crippen molar-refractivity contribution in [3.8, 4) is 0 Å². The van der Waals surface area contributed by atoms with Gasteiger partial charge in [0.25, 0.3) is 5.91 Å². The van der Waals surface area contributed by atoms with Crippen LogP contribution in [0.3, 0.4) is 0 Å². The molecule has 0 aliphatic rings. The Labute approximate surface area is 162 Å². The molecule has 0 saturated heterocycles. The lowest BCUT2D eigenvalue weighted by atomic mass is 10.0. The summed E-state index contributed by atoms with van der Waals surface area (Å²) in [6, 6.07) is 19.8. The number of hydrogen-bond acceptors (Lipinski definition) is 3. The molecule has 2 aromatic heterocycles. The molecule has 1 amide bonds. The minimum atomic E-state index is -0.0294. The Morgan fingerprint density at radius 3 is 2.77 bits per heavy atom. The molecule has 0 unspecified atom stereocenters. The fourth-order valence-electron chi connectivity index (χ4n) is 2.88. The molecule has 0 bridgehead atoms. The number of nitrogens with zero attached hydrogens (tertiary/aromatic N) is 2. The molecule has 0 radical (unpaired) electrons. The van der Waals surface area contributed by atoms with Crippen molar-refractivity contribution < 1.29 is 4.79 Å². The maximum Gasteiger partial charge on any atom is 0.251 e. The van der Waals surface area contributed by atoms with Crippen LogP contribution in [0.25, 0.3) is 16.4 Å². The highest BCUT2D eigenvalue weighted by Crippen LogP contribution is 2.20. The molecule has 0 spiro atoms. The summed E-state index contributed by atoms with van der Waals surface area (Å²) in [7, 11) is 0. The van der Waals surface area contributed by atoms with Crippen LogP contribution in [-0.2, 0) is 0 Å². The average molecular weight is 384 g/mol. The number of nitrogens with one attached hydrogen (secondary N) is 1. The van der Waals surface area contributed by atoms with Crippen LogP contribution in [0.1, 0.15) is 10.4 Å². The van der Waals surface area contributed by atoms with Gasteiger partial charge in [-0.2, -0.15) is 0 Å². The van der Waals surface area contributed by atoms with E-state index in [1.165, 1.54) is 0 Å². The third kappa shape index (κ3) is 3.69. The van der Waals surface area contributed by atoms with Crippen molar-refractivity contribution >= 4 is 46.5 Å². The van der Waals surface area contributed by atoms with Gasteiger partial charge in [0.15, 0.2) is 0 Å². The minimum Gasteiger partial charge on any atom is -0.351 e. The van der Waals surface area contributed by atoms with Gasteiger partial charge in [0.2, 0.25) is 0 Å². The number of rotatable bonds is 5. The lowest BCUT2D eigenvalue weighted by Crippen LogP contribution is -2.25. The van der Waals surface area contributed by atoms with Gasteiger partial charge in [0, 0.05) is 30.3 Å². The standard InChI is InChI=1S/C20H17N3OS.ClH/c24-20(17-8-3-6-15-5-1-2-7-16(15)17)22-12-14-25-19-10-4-9-18-21-11-13-23(18)19;/h1-11,13H,12,14H2,(H,22,24);1H. The summed E-state index contributed by atoms with van der Waals surface area (Å²) in [4.78, 5) is 16.8. The van der Waals surface area contributed by atoms with Crippen molar-refractivity contribution in [2.75, 3.05) is 12.3 Å². The lowest BCUT2D eigenvalue weighted by Gasteiger charge is -2.09. The predicted molar refractivity (Wildman–Crippen MR) is 109 cm³/mol. The Bertz CT molecular complexity index is 1040. The van der Waals surface area contributed by atoms with E-state index in [4.69, 9.17) is 0 Å². The highest BCUT2D eigenvalue weighted by molar-refractivity contribution is 7.99. The molecule has 4 nitrogen and oxygen atoms in total. The first-order valence-electron chi connectivity index (χ1n) is 8.14. The molecular formula is C20H18ClN3OS. The number of carbonyl (C=O) groups excluding carboxylic acids is 1. The fourth-order valence-corrected chi connectivity index (χ4v) is 3.76. The van der Waals surface area contributed by atoms with E-state index in [-0.39, 0.29) is 18.3 Å².